The van der Waals surface area contributed by atoms with Crippen LogP contribution in [0, 0.1) is 6.92 Å². The maximum Gasteiger partial charge on any atom is 0.0962 e. The lowest BCUT2D eigenvalue weighted by atomic mass is 9.93. The summed E-state index contributed by atoms with van der Waals surface area (Å²) in [4.78, 5) is 2.75. The van der Waals surface area contributed by atoms with Gasteiger partial charge in [-0.25, -0.2) is 0 Å². The van der Waals surface area contributed by atoms with Gasteiger partial charge in [-0.15, -0.1) is 0 Å². The highest BCUT2D eigenvalue weighted by Gasteiger charge is 2.28. The van der Waals surface area contributed by atoms with E-state index in [9.17, 15) is 0 Å². The highest BCUT2D eigenvalue weighted by atomic mass is 15.3. The van der Waals surface area contributed by atoms with Crippen LogP contribution in [0.4, 0.5) is 5.69 Å². The molecular weight excluding hydrogens is 280 g/mol. The van der Waals surface area contributed by atoms with Gasteiger partial charge >= 0.3 is 0 Å². The van der Waals surface area contributed by atoms with E-state index in [0.717, 1.165) is 6.04 Å². The van der Waals surface area contributed by atoms with Crippen LogP contribution in [0.15, 0.2) is 24.3 Å². The number of hydrogen-bond donors (Lipinski definition) is 0. The van der Waals surface area contributed by atoms with Crippen LogP contribution in [0.1, 0.15) is 56.9 Å². The van der Waals surface area contributed by atoms with Crippen molar-refractivity contribution in [3.8, 4) is 0 Å². The third kappa shape index (κ3) is 4.50. The van der Waals surface area contributed by atoms with Gasteiger partial charge in [-0.1, -0.05) is 37.0 Å². The van der Waals surface area contributed by atoms with Crippen LogP contribution in [-0.4, -0.2) is 43.8 Å². The summed E-state index contributed by atoms with van der Waals surface area (Å²) in [6.07, 6.45) is 11.3. The first-order chi connectivity index (χ1) is 11.2. The number of piperidine rings is 1. The molecule has 0 amide bonds. The third-order valence-corrected chi connectivity index (χ3v) is 6.16. The van der Waals surface area contributed by atoms with Gasteiger partial charge in [0.05, 0.1) is 33.2 Å². The first-order valence-corrected chi connectivity index (χ1v) is 9.83. The van der Waals surface area contributed by atoms with Crippen LogP contribution in [0.5, 0.6) is 0 Å². The molecule has 1 aromatic carbocycles. The van der Waals surface area contributed by atoms with Gasteiger partial charge in [0.1, 0.15) is 0 Å². The maximum absolute atomic E-state index is 2.75. The summed E-state index contributed by atoms with van der Waals surface area (Å²) in [5.41, 5.74) is 2.82. The van der Waals surface area contributed by atoms with Gasteiger partial charge < -0.3 is 9.38 Å². The molecule has 2 fully saturated rings. The van der Waals surface area contributed by atoms with Crippen molar-refractivity contribution < 1.29 is 4.48 Å². The first kappa shape index (κ1) is 16.8. The van der Waals surface area contributed by atoms with Gasteiger partial charge in [0.25, 0.3) is 0 Å². The molecule has 1 saturated carbocycles. The molecule has 1 aliphatic carbocycles. The Kier molecular flexibility index (Phi) is 5.63. The number of aryl methyl sites for hydroxylation is 1. The van der Waals surface area contributed by atoms with Crippen molar-refractivity contribution in [2.75, 3.05) is 38.1 Å². The summed E-state index contributed by atoms with van der Waals surface area (Å²) >= 11 is 0. The summed E-state index contributed by atoms with van der Waals surface area (Å²) in [7, 11) is 2.48. The summed E-state index contributed by atoms with van der Waals surface area (Å²) in [6, 6.07) is 10.0. The molecule has 0 bridgehead atoms. The SMILES string of the molecule is Cc1ccc(N(CC[N+]2(C)CCCCC2)C2CCCCC2)cc1. The third-order valence-electron chi connectivity index (χ3n) is 6.16. The average Bonchev–Trinajstić information content (AvgIpc) is 2.58. The molecule has 23 heavy (non-hydrogen) atoms. The van der Waals surface area contributed by atoms with E-state index in [-0.39, 0.29) is 0 Å². The number of hydrogen-bond acceptors (Lipinski definition) is 1. The second-order valence-corrected chi connectivity index (χ2v) is 8.17. The molecule has 128 valence electrons. The van der Waals surface area contributed by atoms with E-state index in [1.54, 1.807) is 0 Å². The number of likely N-dealkylation sites (N-methyl/N-ethyl adjacent to an activating group) is 1. The summed E-state index contributed by atoms with van der Waals surface area (Å²) in [6.45, 7) is 7.49. The maximum atomic E-state index is 2.75. The zero-order valence-corrected chi connectivity index (χ0v) is 15.3. The molecule has 1 saturated heterocycles. The number of anilines is 1. The van der Waals surface area contributed by atoms with E-state index in [4.69, 9.17) is 0 Å². The van der Waals surface area contributed by atoms with Gasteiger partial charge in [0.15, 0.2) is 0 Å². The Morgan fingerprint density at radius 1 is 0.913 bits per heavy atom. The minimum Gasteiger partial charge on any atom is -0.363 e. The number of likely N-dealkylation sites (tertiary alicyclic amines) is 1. The zero-order chi connectivity index (χ0) is 16.1. The smallest absolute Gasteiger partial charge is 0.0962 e. The molecule has 0 unspecified atom stereocenters. The Morgan fingerprint density at radius 2 is 1.52 bits per heavy atom. The van der Waals surface area contributed by atoms with Crippen LogP contribution < -0.4 is 4.90 Å². The molecule has 1 aliphatic heterocycles. The number of nitrogens with zero attached hydrogens (tertiary/aromatic N) is 2. The van der Waals surface area contributed by atoms with Crippen molar-refractivity contribution in [3.05, 3.63) is 29.8 Å². The number of rotatable bonds is 5. The van der Waals surface area contributed by atoms with Gasteiger partial charge in [-0.3, -0.25) is 0 Å². The topological polar surface area (TPSA) is 3.24 Å². The summed E-state index contributed by atoms with van der Waals surface area (Å²) < 4.78 is 1.29. The lowest BCUT2D eigenvalue weighted by Gasteiger charge is -2.42. The molecule has 0 spiro atoms. The Bertz CT molecular complexity index is 467. The van der Waals surface area contributed by atoms with Crippen molar-refractivity contribution in [3.63, 3.8) is 0 Å². The van der Waals surface area contributed by atoms with E-state index < -0.39 is 0 Å². The normalized spacial score (nSPS) is 22.0. The second kappa shape index (κ2) is 7.70. The van der Waals surface area contributed by atoms with E-state index >= 15 is 0 Å². The summed E-state index contributed by atoms with van der Waals surface area (Å²) in [5.74, 6) is 0. The zero-order valence-electron chi connectivity index (χ0n) is 15.3. The Morgan fingerprint density at radius 3 is 2.17 bits per heavy atom. The Labute approximate surface area is 143 Å². The molecule has 2 aliphatic rings. The van der Waals surface area contributed by atoms with E-state index in [0.29, 0.717) is 0 Å². The van der Waals surface area contributed by atoms with Crippen LogP contribution in [0.3, 0.4) is 0 Å². The van der Waals surface area contributed by atoms with Crippen molar-refractivity contribution in [2.45, 2.75) is 64.3 Å². The molecule has 0 aromatic heterocycles. The van der Waals surface area contributed by atoms with E-state index in [2.05, 4.69) is 43.1 Å². The van der Waals surface area contributed by atoms with Crippen LogP contribution in [0.25, 0.3) is 0 Å². The minimum atomic E-state index is 0.767. The lowest BCUT2D eigenvalue weighted by molar-refractivity contribution is -0.912. The first-order valence-electron chi connectivity index (χ1n) is 9.83. The highest BCUT2D eigenvalue weighted by Crippen LogP contribution is 2.28. The molecular formula is C21H35N2+. The fraction of sp³-hybridized carbons (Fsp3) is 0.714. The van der Waals surface area contributed by atoms with Crippen molar-refractivity contribution >= 4 is 5.69 Å². The molecule has 2 heteroatoms. The van der Waals surface area contributed by atoms with Gasteiger partial charge in [-0.05, 0) is 51.2 Å². The van der Waals surface area contributed by atoms with Gasteiger partial charge in [-0.2, -0.15) is 0 Å². The number of quaternary nitrogens is 1. The molecule has 0 N–H and O–H groups in total. The van der Waals surface area contributed by atoms with Crippen molar-refractivity contribution in [1.29, 1.82) is 0 Å². The van der Waals surface area contributed by atoms with E-state index in [1.807, 2.05) is 0 Å². The van der Waals surface area contributed by atoms with Gasteiger partial charge in [0.2, 0.25) is 0 Å². The van der Waals surface area contributed by atoms with Crippen molar-refractivity contribution in [2.24, 2.45) is 0 Å². The Hall–Kier alpha value is -1.02. The van der Waals surface area contributed by atoms with E-state index in [1.165, 1.54) is 93.3 Å². The van der Waals surface area contributed by atoms with Crippen LogP contribution in [-0.2, 0) is 0 Å². The molecule has 1 heterocycles. The molecule has 1 aromatic rings. The standard InChI is InChI=1S/C21H35N2/c1-19-11-13-21(14-12-19)22(20-9-5-3-6-10-20)15-18-23(2)16-7-4-8-17-23/h11-14,20H,3-10,15-18H2,1-2H3/q+1. The molecule has 0 atom stereocenters. The predicted molar refractivity (Wildman–Crippen MR) is 100 cm³/mol. The monoisotopic (exact) mass is 315 g/mol. The van der Waals surface area contributed by atoms with Gasteiger partial charge in [0, 0.05) is 11.7 Å². The van der Waals surface area contributed by atoms with Crippen LogP contribution in [0.2, 0.25) is 0 Å². The number of benzene rings is 1. The molecule has 0 radical (unpaired) electrons. The molecule has 3 rings (SSSR count). The predicted octanol–water partition coefficient (Wildman–Crippen LogP) is 4.76. The fourth-order valence-electron chi connectivity index (χ4n) is 4.50. The van der Waals surface area contributed by atoms with Crippen molar-refractivity contribution in [1.82, 2.24) is 0 Å². The van der Waals surface area contributed by atoms with Crippen LogP contribution >= 0.6 is 0 Å². The largest absolute Gasteiger partial charge is 0.363 e. The Balaban J connectivity index is 1.70. The quantitative estimate of drug-likeness (QED) is 0.708. The highest BCUT2D eigenvalue weighted by molar-refractivity contribution is 5.48. The minimum absolute atomic E-state index is 0.767. The average molecular weight is 316 g/mol. The second-order valence-electron chi connectivity index (χ2n) is 8.17. The molecule has 2 nitrogen and oxygen atoms in total. The fourth-order valence-corrected chi connectivity index (χ4v) is 4.50. The lowest BCUT2D eigenvalue weighted by Crippen LogP contribution is -2.53. The summed E-state index contributed by atoms with van der Waals surface area (Å²) in [5, 5.41) is 0.